The lowest BCUT2D eigenvalue weighted by Crippen LogP contribution is -2.42. The lowest BCUT2D eigenvalue weighted by atomic mass is 10.1. The summed E-state index contributed by atoms with van der Waals surface area (Å²) in [5.74, 6) is -1.39. The molecule has 0 aromatic heterocycles. The summed E-state index contributed by atoms with van der Waals surface area (Å²) in [7, 11) is 1.22. The number of benzene rings is 2. The molecule has 2 N–H and O–H groups in total. The van der Waals surface area contributed by atoms with Crippen molar-refractivity contribution in [2.45, 2.75) is 12.5 Å². The minimum atomic E-state index is -0.927. The minimum Gasteiger partial charge on any atom is -0.508 e. The summed E-state index contributed by atoms with van der Waals surface area (Å²) in [6.07, 6.45) is 2.93. The molecule has 2 aromatic carbocycles. The number of hydrogen-bond donors (Lipinski definition) is 2. The van der Waals surface area contributed by atoms with Gasteiger partial charge in [-0.1, -0.05) is 24.3 Å². The molecule has 0 saturated carbocycles. The Morgan fingerprint density at radius 3 is 2.60 bits per heavy atom. The number of hydrogen-bond acceptors (Lipinski definition) is 4. The van der Waals surface area contributed by atoms with Crippen molar-refractivity contribution in [1.82, 2.24) is 5.32 Å². The van der Waals surface area contributed by atoms with Gasteiger partial charge in [0, 0.05) is 12.5 Å². The van der Waals surface area contributed by atoms with Crippen LogP contribution in [0.1, 0.15) is 11.1 Å². The Bertz CT molecular complexity index is 771. The second kappa shape index (κ2) is 8.63. The van der Waals surface area contributed by atoms with Gasteiger partial charge in [0.15, 0.2) is 0 Å². The standard InChI is InChI=1S/C19H18FNO4/c1-25-19(24)17(12-14-3-2-4-15(20)11-14)21-18(23)10-7-13-5-8-16(22)9-6-13/h2-11,17,22H,12H2,1H3,(H,21,23)/b10-7+. The molecule has 25 heavy (non-hydrogen) atoms. The van der Waals surface area contributed by atoms with Gasteiger partial charge in [-0.05, 0) is 41.5 Å². The predicted octanol–water partition coefficient (Wildman–Crippen LogP) is 2.45. The molecule has 0 fully saturated rings. The number of aromatic hydroxyl groups is 1. The molecule has 0 heterocycles. The van der Waals surface area contributed by atoms with Crippen LogP contribution in [-0.2, 0) is 20.7 Å². The van der Waals surface area contributed by atoms with E-state index in [-0.39, 0.29) is 12.2 Å². The Balaban J connectivity index is 2.04. The van der Waals surface area contributed by atoms with Crippen LogP contribution in [0.4, 0.5) is 4.39 Å². The number of phenols is 1. The largest absolute Gasteiger partial charge is 0.508 e. The van der Waals surface area contributed by atoms with Gasteiger partial charge in [0.25, 0.3) is 0 Å². The van der Waals surface area contributed by atoms with Crippen LogP contribution in [0, 0.1) is 5.82 Å². The zero-order valence-corrected chi connectivity index (χ0v) is 13.6. The van der Waals surface area contributed by atoms with Crippen molar-refractivity contribution in [3.8, 4) is 5.75 Å². The summed E-state index contributed by atoms with van der Waals surface area (Å²) in [6.45, 7) is 0. The number of carbonyl (C=O) groups is 2. The number of methoxy groups -OCH3 is 1. The third kappa shape index (κ3) is 5.76. The molecule has 5 nitrogen and oxygen atoms in total. The molecule has 1 atom stereocenters. The first-order chi connectivity index (χ1) is 12.0. The van der Waals surface area contributed by atoms with Crippen molar-refractivity contribution in [3.63, 3.8) is 0 Å². The SMILES string of the molecule is COC(=O)C(Cc1cccc(F)c1)NC(=O)/C=C/c1ccc(O)cc1. The van der Waals surface area contributed by atoms with Crippen molar-refractivity contribution in [2.24, 2.45) is 0 Å². The summed E-state index contributed by atoms with van der Waals surface area (Å²) in [5.41, 5.74) is 1.28. The van der Waals surface area contributed by atoms with Gasteiger partial charge in [0.2, 0.25) is 5.91 Å². The summed E-state index contributed by atoms with van der Waals surface area (Å²) < 4.78 is 18.0. The molecule has 1 amide bonds. The number of halogens is 1. The lowest BCUT2D eigenvalue weighted by molar-refractivity contribution is -0.144. The van der Waals surface area contributed by atoms with Crippen LogP contribution in [0.2, 0.25) is 0 Å². The maximum Gasteiger partial charge on any atom is 0.328 e. The molecule has 0 spiro atoms. The van der Waals surface area contributed by atoms with Crippen LogP contribution in [-0.4, -0.2) is 30.1 Å². The summed E-state index contributed by atoms with van der Waals surface area (Å²) in [5, 5.41) is 11.8. The van der Waals surface area contributed by atoms with E-state index in [2.05, 4.69) is 5.32 Å². The number of amides is 1. The Kier molecular flexibility index (Phi) is 6.28. The summed E-state index contributed by atoms with van der Waals surface area (Å²) in [6, 6.07) is 11.2. The second-order valence-electron chi connectivity index (χ2n) is 5.34. The lowest BCUT2D eigenvalue weighted by Gasteiger charge is -2.15. The van der Waals surface area contributed by atoms with Crippen LogP contribution in [0.5, 0.6) is 5.75 Å². The number of esters is 1. The van der Waals surface area contributed by atoms with Gasteiger partial charge < -0.3 is 15.2 Å². The molecule has 2 rings (SSSR count). The molecule has 0 aliphatic rings. The molecule has 0 aliphatic heterocycles. The van der Waals surface area contributed by atoms with E-state index in [1.54, 1.807) is 24.3 Å². The molecule has 130 valence electrons. The summed E-state index contributed by atoms with van der Waals surface area (Å²) >= 11 is 0. The van der Waals surface area contributed by atoms with Crippen molar-refractivity contribution < 1.29 is 23.8 Å². The van der Waals surface area contributed by atoms with Crippen LogP contribution in [0.25, 0.3) is 6.08 Å². The minimum absolute atomic E-state index is 0.114. The zero-order chi connectivity index (χ0) is 18.2. The van der Waals surface area contributed by atoms with E-state index in [9.17, 15) is 19.1 Å². The van der Waals surface area contributed by atoms with Crippen molar-refractivity contribution >= 4 is 18.0 Å². The topological polar surface area (TPSA) is 75.6 Å². The molecular weight excluding hydrogens is 325 g/mol. The molecule has 2 aromatic rings. The molecule has 6 heteroatoms. The Hall–Kier alpha value is -3.15. The molecule has 0 radical (unpaired) electrons. The third-order valence-electron chi connectivity index (χ3n) is 3.45. The fourth-order valence-electron chi connectivity index (χ4n) is 2.21. The Labute approximate surface area is 144 Å². The van der Waals surface area contributed by atoms with Crippen molar-refractivity contribution in [1.29, 1.82) is 0 Å². The first-order valence-corrected chi connectivity index (χ1v) is 7.58. The smallest absolute Gasteiger partial charge is 0.328 e. The number of carbonyl (C=O) groups excluding carboxylic acids is 2. The van der Waals surface area contributed by atoms with Gasteiger partial charge in [-0.3, -0.25) is 4.79 Å². The molecule has 0 saturated heterocycles. The maximum atomic E-state index is 13.3. The highest BCUT2D eigenvalue weighted by atomic mass is 19.1. The average Bonchev–Trinajstić information content (AvgIpc) is 2.60. The van der Waals surface area contributed by atoms with Crippen molar-refractivity contribution in [3.05, 3.63) is 71.6 Å². The van der Waals surface area contributed by atoms with Gasteiger partial charge >= 0.3 is 5.97 Å². The average molecular weight is 343 g/mol. The number of nitrogens with one attached hydrogen (secondary N) is 1. The fraction of sp³-hybridized carbons (Fsp3) is 0.158. The quantitative estimate of drug-likeness (QED) is 0.624. The van der Waals surface area contributed by atoms with E-state index in [0.29, 0.717) is 11.1 Å². The van der Waals surface area contributed by atoms with E-state index in [4.69, 9.17) is 4.74 Å². The Morgan fingerprint density at radius 1 is 1.24 bits per heavy atom. The van der Waals surface area contributed by atoms with E-state index in [1.165, 1.54) is 43.5 Å². The zero-order valence-electron chi connectivity index (χ0n) is 13.6. The number of ether oxygens (including phenoxy) is 1. The fourth-order valence-corrected chi connectivity index (χ4v) is 2.21. The van der Waals surface area contributed by atoms with Gasteiger partial charge in [0.1, 0.15) is 17.6 Å². The van der Waals surface area contributed by atoms with Crippen LogP contribution < -0.4 is 5.32 Å². The van der Waals surface area contributed by atoms with E-state index in [1.807, 2.05) is 0 Å². The van der Waals surface area contributed by atoms with Gasteiger partial charge in [-0.2, -0.15) is 0 Å². The monoisotopic (exact) mass is 343 g/mol. The predicted molar refractivity (Wildman–Crippen MR) is 91.2 cm³/mol. The maximum absolute atomic E-state index is 13.3. The van der Waals surface area contributed by atoms with Gasteiger partial charge in [0.05, 0.1) is 7.11 Å². The van der Waals surface area contributed by atoms with Crippen molar-refractivity contribution in [2.75, 3.05) is 7.11 Å². The van der Waals surface area contributed by atoms with E-state index >= 15 is 0 Å². The highest BCUT2D eigenvalue weighted by molar-refractivity contribution is 5.94. The molecule has 0 bridgehead atoms. The van der Waals surface area contributed by atoms with Gasteiger partial charge in [-0.15, -0.1) is 0 Å². The third-order valence-corrected chi connectivity index (χ3v) is 3.45. The van der Waals surface area contributed by atoms with Crippen LogP contribution >= 0.6 is 0 Å². The molecule has 1 unspecified atom stereocenters. The number of phenolic OH excluding ortho intramolecular Hbond substituents is 1. The molecule has 0 aliphatic carbocycles. The van der Waals surface area contributed by atoms with Gasteiger partial charge in [-0.25, -0.2) is 9.18 Å². The van der Waals surface area contributed by atoms with Crippen LogP contribution in [0.15, 0.2) is 54.6 Å². The highest BCUT2D eigenvalue weighted by Crippen LogP contribution is 2.11. The Morgan fingerprint density at radius 2 is 1.96 bits per heavy atom. The van der Waals surface area contributed by atoms with E-state index in [0.717, 1.165) is 0 Å². The number of rotatable bonds is 6. The summed E-state index contributed by atoms with van der Waals surface area (Å²) in [4.78, 5) is 23.9. The first kappa shape index (κ1) is 18.2. The normalized spacial score (nSPS) is 11.9. The highest BCUT2D eigenvalue weighted by Gasteiger charge is 2.21. The van der Waals surface area contributed by atoms with Crippen LogP contribution in [0.3, 0.4) is 0 Å². The molecular formula is C19H18FNO4. The second-order valence-corrected chi connectivity index (χ2v) is 5.34. The van der Waals surface area contributed by atoms with E-state index < -0.39 is 23.7 Å². The first-order valence-electron chi connectivity index (χ1n) is 7.58.